The summed E-state index contributed by atoms with van der Waals surface area (Å²) in [6, 6.07) is 11.6. The van der Waals surface area contributed by atoms with Crippen LogP contribution >= 0.6 is 0 Å². The number of nitriles is 1. The summed E-state index contributed by atoms with van der Waals surface area (Å²) in [6.45, 7) is 6.88. The molecule has 1 aliphatic rings. The average Bonchev–Trinajstić information content (AvgIpc) is 3.60. The number of benzene rings is 1. The highest BCUT2D eigenvalue weighted by Gasteiger charge is 2.27. The van der Waals surface area contributed by atoms with Crippen LogP contribution in [-0.2, 0) is 17.7 Å². The second-order valence-corrected chi connectivity index (χ2v) is 9.56. The number of methoxy groups -OCH3 is 2. The third-order valence-electron chi connectivity index (χ3n) is 7.01. The lowest BCUT2D eigenvalue weighted by Crippen LogP contribution is -2.10. The Balaban J connectivity index is 1.53. The zero-order valence-corrected chi connectivity index (χ0v) is 21.9. The van der Waals surface area contributed by atoms with Gasteiger partial charge in [-0.1, -0.05) is 12.1 Å². The quantitative estimate of drug-likeness (QED) is 0.329. The standard InChI is InChI=1S/C28H31N7O2/c1-17-26(19(3)36-4)18(2)35(32-17)25-13-23(30-16-31-25)12-24-28(37-5)27(33-34(24)15-21-6-7-21)22-10-8-20(14-29)9-11-22/h8-11,13,16,19,21H,6-7,12,15H2,1-5H3. The maximum Gasteiger partial charge on any atom is 0.168 e. The Kier molecular flexibility index (Phi) is 6.76. The van der Waals surface area contributed by atoms with Crippen molar-refractivity contribution in [3.63, 3.8) is 0 Å². The molecule has 0 aliphatic heterocycles. The summed E-state index contributed by atoms with van der Waals surface area (Å²) in [5.41, 5.74) is 7.10. The molecular weight excluding hydrogens is 466 g/mol. The summed E-state index contributed by atoms with van der Waals surface area (Å²) in [4.78, 5) is 9.09. The molecule has 9 nitrogen and oxygen atoms in total. The highest BCUT2D eigenvalue weighted by atomic mass is 16.5. The van der Waals surface area contributed by atoms with Gasteiger partial charge in [0.1, 0.15) is 12.0 Å². The minimum atomic E-state index is -0.0586. The third-order valence-corrected chi connectivity index (χ3v) is 7.01. The van der Waals surface area contributed by atoms with Gasteiger partial charge in [-0.15, -0.1) is 0 Å². The molecule has 4 aromatic rings. The molecule has 3 aromatic heterocycles. The van der Waals surface area contributed by atoms with E-state index in [1.807, 2.05) is 43.7 Å². The van der Waals surface area contributed by atoms with Crippen molar-refractivity contribution in [3.8, 4) is 28.9 Å². The Morgan fingerprint density at radius 2 is 1.86 bits per heavy atom. The fourth-order valence-corrected chi connectivity index (χ4v) is 4.81. The number of aromatic nitrogens is 6. The SMILES string of the molecule is COc1c(-c2ccc(C#N)cc2)nn(CC2CC2)c1Cc1cc(-n2nc(C)c(C(C)OC)c2C)ncn1. The van der Waals surface area contributed by atoms with Crippen molar-refractivity contribution >= 4 is 0 Å². The van der Waals surface area contributed by atoms with Crippen LogP contribution in [0.1, 0.15) is 59.8 Å². The van der Waals surface area contributed by atoms with Crippen molar-refractivity contribution in [2.24, 2.45) is 5.92 Å². The summed E-state index contributed by atoms with van der Waals surface area (Å²) < 4.78 is 15.4. The first kappa shape index (κ1) is 24.7. The summed E-state index contributed by atoms with van der Waals surface area (Å²) in [5.74, 6) is 2.07. The van der Waals surface area contributed by atoms with Gasteiger partial charge in [-0.25, -0.2) is 14.6 Å². The molecule has 0 radical (unpaired) electrons. The van der Waals surface area contributed by atoms with Gasteiger partial charge in [0.05, 0.1) is 41.9 Å². The van der Waals surface area contributed by atoms with Crippen molar-refractivity contribution in [2.75, 3.05) is 14.2 Å². The van der Waals surface area contributed by atoms with Crippen molar-refractivity contribution in [1.82, 2.24) is 29.5 Å². The van der Waals surface area contributed by atoms with Gasteiger partial charge in [-0.2, -0.15) is 15.5 Å². The summed E-state index contributed by atoms with van der Waals surface area (Å²) in [6.07, 6.45) is 4.49. The molecular formula is C28H31N7O2. The van der Waals surface area contributed by atoms with Crippen molar-refractivity contribution in [1.29, 1.82) is 5.26 Å². The van der Waals surface area contributed by atoms with Crippen LogP contribution in [0.15, 0.2) is 36.7 Å². The van der Waals surface area contributed by atoms with E-state index >= 15 is 0 Å². The van der Waals surface area contributed by atoms with E-state index < -0.39 is 0 Å². The topological polar surface area (TPSA) is 104 Å². The Morgan fingerprint density at radius 1 is 1.11 bits per heavy atom. The minimum Gasteiger partial charge on any atom is -0.492 e. The molecule has 5 rings (SSSR count). The lowest BCUT2D eigenvalue weighted by molar-refractivity contribution is 0.118. The average molecular weight is 498 g/mol. The summed E-state index contributed by atoms with van der Waals surface area (Å²) >= 11 is 0. The summed E-state index contributed by atoms with van der Waals surface area (Å²) in [7, 11) is 3.38. The van der Waals surface area contributed by atoms with E-state index in [0.717, 1.165) is 51.9 Å². The number of rotatable bonds is 9. The molecule has 0 amide bonds. The van der Waals surface area contributed by atoms with Crippen molar-refractivity contribution in [3.05, 3.63) is 70.6 Å². The first-order valence-electron chi connectivity index (χ1n) is 12.5. The van der Waals surface area contributed by atoms with Crippen LogP contribution in [0.5, 0.6) is 5.75 Å². The zero-order chi connectivity index (χ0) is 26.1. The van der Waals surface area contributed by atoms with E-state index in [9.17, 15) is 5.26 Å². The van der Waals surface area contributed by atoms with Crippen molar-refractivity contribution in [2.45, 2.75) is 52.7 Å². The largest absolute Gasteiger partial charge is 0.492 e. The van der Waals surface area contributed by atoms with Crippen LogP contribution in [-0.4, -0.2) is 43.7 Å². The van der Waals surface area contributed by atoms with E-state index in [0.29, 0.717) is 23.7 Å². The minimum absolute atomic E-state index is 0.0586. The van der Waals surface area contributed by atoms with Crippen LogP contribution in [0.4, 0.5) is 0 Å². The molecule has 3 heterocycles. The van der Waals surface area contributed by atoms with Crippen LogP contribution in [0, 0.1) is 31.1 Å². The van der Waals surface area contributed by atoms with Gasteiger partial charge >= 0.3 is 0 Å². The van der Waals surface area contributed by atoms with Crippen LogP contribution < -0.4 is 4.74 Å². The molecule has 0 saturated heterocycles. The molecule has 1 fully saturated rings. The second-order valence-electron chi connectivity index (χ2n) is 9.56. The van der Waals surface area contributed by atoms with Gasteiger partial charge in [0.25, 0.3) is 0 Å². The fourth-order valence-electron chi connectivity index (χ4n) is 4.81. The molecule has 1 aromatic carbocycles. The molecule has 1 unspecified atom stereocenters. The number of hydrogen-bond acceptors (Lipinski definition) is 7. The van der Waals surface area contributed by atoms with Crippen LogP contribution in [0.2, 0.25) is 0 Å². The Labute approximate surface area is 216 Å². The maximum absolute atomic E-state index is 9.18. The lowest BCUT2D eigenvalue weighted by Gasteiger charge is -2.11. The van der Waals surface area contributed by atoms with Crippen LogP contribution in [0.3, 0.4) is 0 Å². The molecule has 0 spiro atoms. The van der Waals surface area contributed by atoms with E-state index in [-0.39, 0.29) is 6.10 Å². The molecule has 1 saturated carbocycles. The molecule has 37 heavy (non-hydrogen) atoms. The first-order valence-corrected chi connectivity index (χ1v) is 12.5. The smallest absolute Gasteiger partial charge is 0.168 e. The normalized spacial score (nSPS) is 13.9. The number of aryl methyl sites for hydroxylation is 1. The number of ether oxygens (including phenoxy) is 2. The number of hydrogen-bond donors (Lipinski definition) is 0. The Hall–Kier alpha value is -4.03. The van der Waals surface area contributed by atoms with E-state index in [4.69, 9.17) is 19.7 Å². The van der Waals surface area contributed by atoms with Gasteiger partial charge in [-0.05, 0) is 51.7 Å². The monoisotopic (exact) mass is 497 g/mol. The van der Waals surface area contributed by atoms with E-state index in [2.05, 4.69) is 20.7 Å². The van der Waals surface area contributed by atoms with Gasteiger partial charge in [0.2, 0.25) is 0 Å². The van der Waals surface area contributed by atoms with Gasteiger partial charge in [0, 0.05) is 43.0 Å². The molecule has 190 valence electrons. The molecule has 0 bridgehead atoms. The fraction of sp³-hybridized carbons (Fsp3) is 0.393. The van der Waals surface area contributed by atoms with Crippen LogP contribution in [0.25, 0.3) is 17.1 Å². The Bertz CT molecular complexity index is 1460. The van der Waals surface area contributed by atoms with Gasteiger partial charge < -0.3 is 9.47 Å². The zero-order valence-electron chi connectivity index (χ0n) is 21.9. The highest BCUT2D eigenvalue weighted by molar-refractivity contribution is 5.68. The molecule has 1 aliphatic carbocycles. The molecule has 1 atom stereocenters. The first-order chi connectivity index (χ1) is 17.9. The van der Waals surface area contributed by atoms with Gasteiger partial charge in [-0.3, -0.25) is 4.68 Å². The molecule has 9 heteroatoms. The maximum atomic E-state index is 9.18. The van der Waals surface area contributed by atoms with E-state index in [1.54, 1.807) is 32.7 Å². The summed E-state index contributed by atoms with van der Waals surface area (Å²) in [5, 5.41) is 18.9. The highest BCUT2D eigenvalue weighted by Crippen LogP contribution is 2.37. The van der Waals surface area contributed by atoms with Crippen molar-refractivity contribution < 1.29 is 9.47 Å². The third kappa shape index (κ3) is 4.85. The van der Waals surface area contributed by atoms with Gasteiger partial charge in [0.15, 0.2) is 11.6 Å². The predicted octanol–water partition coefficient (Wildman–Crippen LogP) is 4.73. The predicted molar refractivity (Wildman–Crippen MR) is 139 cm³/mol. The second kappa shape index (κ2) is 10.1. The van der Waals surface area contributed by atoms with E-state index in [1.165, 1.54) is 12.8 Å². The Morgan fingerprint density at radius 3 is 2.51 bits per heavy atom. The molecule has 0 N–H and O–H groups in total. The number of nitrogens with zero attached hydrogens (tertiary/aromatic N) is 7. The lowest BCUT2D eigenvalue weighted by atomic mass is 10.1.